The second-order valence-electron chi connectivity index (χ2n) is 31.0. The molecule has 115 heavy (non-hydrogen) atoms. The summed E-state index contributed by atoms with van der Waals surface area (Å²) in [6.07, 6.45) is 8.62. The van der Waals surface area contributed by atoms with Gasteiger partial charge in [0.15, 0.2) is 38.2 Å². The standard InChI is InChI=1S/C46H29N2S.C26H21N2S.C17H19N2S.C13H11N2S.Ir/c1-5-15-31(16-6-1)35-23-13-24-36(32-17-7-2-8-18-32)42(35)39-29-30-47-44-40-27-28-41(48-46(40)49-45(39)44)43-37(33-19-9-3-10-20-33)25-14-26-38(43)34-21-11-4-12-22-34;1-15-7-4-5-10-19(15)20-11-12-28-14-18-13-21(22-16(2)8-6-9-17(22)3)27-26-23(18)24(28)25(20)29-26;1-9(2)12-5-6-19-8-11-7-13(10(3)4)18-17-14(11)15(19)16(12)20-17;1-7-3-4-15-6-9-5-8(2)14-13-10(9)11(15)12(7)16-13;/h1-26,28-30H;4-13H,14H2,1-3H3;5-7,9-10H,8H2,1-4H3;3-5H,6H2,1-2H3;/q-1;3*+1;. The van der Waals surface area contributed by atoms with Crippen LogP contribution in [-0.4, -0.2) is 24.9 Å². The van der Waals surface area contributed by atoms with Crippen molar-refractivity contribution in [1.29, 1.82) is 0 Å². The molecule has 0 bridgehead atoms. The Hall–Kier alpha value is -11.5. The van der Waals surface area contributed by atoms with Crippen molar-refractivity contribution < 1.29 is 33.8 Å². The Labute approximate surface area is 698 Å². The van der Waals surface area contributed by atoms with Crippen LogP contribution in [0.1, 0.15) is 95.4 Å². The van der Waals surface area contributed by atoms with Gasteiger partial charge in [0.1, 0.15) is 28.6 Å². The van der Waals surface area contributed by atoms with Gasteiger partial charge in [0.25, 0.3) is 0 Å². The summed E-state index contributed by atoms with van der Waals surface area (Å²) in [4.78, 5) is 29.6. The molecular weight excluding hydrogens is 1660 g/mol. The average Bonchev–Trinajstić information content (AvgIpc) is 1.59. The largest absolute Gasteiger partial charge is 0.334 e. The van der Waals surface area contributed by atoms with Crippen molar-refractivity contribution in [2.45, 2.75) is 93.8 Å². The maximum Gasteiger partial charge on any atom is 0.234 e. The van der Waals surface area contributed by atoms with E-state index in [1.54, 1.807) is 11.3 Å². The molecule has 3 aliphatic rings. The molecule has 8 nitrogen and oxygen atoms in total. The zero-order valence-electron chi connectivity index (χ0n) is 65.3. The van der Waals surface area contributed by atoms with Crippen molar-refractivity contribution in [1.82, 2.24) is 24.9 Å². The first-order valence-corrected chi connectivity index (χ1v) is 42.5. The summed E-state index contributed by atoms with van der Waals surface area (Å²) in [5, 5.41) is 5.07. The fourth-order valence-electron chi connectivity index (χ4n) is 17.5. The number of pyridine rings is 8. The van der Waals surface area contributed by atoms with E-state index in [-0.39, 0.29) is 20.1 Å². The van der Waals surface area contributed by atoms with Crippen LogP contribution in [0.15, 0.2) is 274 Å². The van der Waals surface area contributed by atoms with Gasteiger partial charge in [-0.1, -0.05) is 233 Å². The zero-order valence-corrected chi connectivity index (χ0v) is 71.0. The van der Waals surface area contributed by atoms with E-state index in [0.717, 1.165) is 95.4 Å². The van der Waals surface area contributed by atoms with Gasteiger partial charge in [0, 0.05) is 98.8 Å². The van der Waals surface area contributed by atoms with Crippen molar-refractivity contribution in [2.24, 2.45) is 0 Å². The van der Waals surface area contributed by atoms with Crippen LogP contribution in [0.2, 0.25) is 0 Å². The van der Waals surface area contributed by atoms with E-state index in [9.17, 15) is 0 Å². The molecule has 12 aromatic heterocycles. The summed E-state index contributed by atoms with van der Waals surface area (Å²) in [7, 11) is 0. The molecule has 0 amide bonds. The first-order chi connectivity index (χ1) is 55.7. The van der Waals surface area contributed by atoms with Gasteiger partial charge in [-0.05, 0) is 171 Å². The van der Waals surface area contributed by atoms with Gasteiger partial charge >= 0.3 is 0 Å². The van der Waals surface area contributed by atoms with Crippen molar-refractivity contribution in [3.63, 3.8) is 0 Å². The molecule has 0 aliphatic carbocycles. The van der Waals surface area contributed by atoms with Gasteiger partial charge in [0.2, 0.25) is 16.6 Å². The molecule has 13 heteroatoms. The smallest absolute Gasteiger partial charge is 0.234 e. The van der Waals surface area contributed by atoms with Crippen molar-refractivity contribution in [2.75, 3.05) is 0 Å². The van der Waals surface area contributed by atoms with E-state index in [4.69, 9.17) is 19.9 Å². The van der Waals surface area contributed by atoms with E-state index >= 15 is 0 Å². The van der Waals surface area contributed by atoms with Crippen LogP contribution >= 0.6 is 45.3 Å². The molecule has 0 atom stereocenters. The minimum absolute atomic E-state index is 0. The third-order valence-corrected chi connectivity index (χ3v) is 27.5. The maximum absolute atomic E-state index is 5.40. The topological polar surface area (TPSA) is 76.1 Å². The molecule has 0 fully saturated rings. The number of benzene rings is 8. The third-order valence-electron chi connectivity index (χ3n) is 22.9. The van der Waals surface area contributed by atoms with Crippen LogP contribution in [0.3, 0.4) is 0 Å². The Morgan fingerprint density at radius 1 is 0.348 bits per heavy atom. The number of hydrogen-bond acceptors (Lipinski definition) is 9. The van der Waals surface area contributed by atoms with Gasteiger partial charge < -0.3 is 9.97 Å². The molecule has 0 spiro atoms. The minimum Gasteiger partial charge on any atom is -0.334 e. The van der Waals surface area contributed by atoms with Crippen LogP contribution in [0.5, 0.6) is 0 Å². The van der Waals surface area contributed by atoms with Gasteiger partial charge in [-0.25, -0.2) is 15.0 Å². The number of aromatic nitrogens is 8. The summed E-state index contributed by atoms with van der Waals surface area (Å²) in [6, 6.07) is 92.2. The van der Waals surface area contributed by atoms with Crippen LogP contribution in [0.25, 0.3) is 171 Å². The SMILES string of the molecule is CC(C)c1cc2c3c(n1)sc1c(C(C)C)cc[n+](c13)C2.Cc1cc2c3c(n1)sc1c(C)cc[n+](c13)C2.Cc1ccccc1-c1cc[n+]2c3c1sc1nc(-c4c(C)cccc4C)cc(c13)C2.[Ir].[c-]1cc(-c2c(-c3ccccc3)cccc2-c2ccccc2)nc2sc3c(-c4c(-c5ccccc5)cccc4-c4ccccc4)ccnc3c12. The van der Waals surface area contributed by atoms with Crippen LogP contribution in [0, 0.1) is 40.7 Å². The molecule has 559 valence electrons. The second kappa shape index (κ2) is 30.0. The van der Waals surface area contributed by atoms with Gasteiger partial charge in [-0.3, -0.25) is 0 Å². The molecule has 0 N–H and O–H groups in total. The van der Waals surface area contributed by atoms with Crippen molar-refractivity contribution in [3.05, 3.63) is 335 Å². The van der Waals surface area contributed by atoms with E-state index < -0.39 is 0 Å². The van der Waals surface area contributed by atoms with E-state index in [1.165, 1.54) is 151 Å². The van der Waals surface area contributed by atoms with Crippen molar-refractivity contribution in [3.8, 4) is 89.3 Å². The van der Waals surface area contributed by atoms with E-state index in [1.807, 2.05) is 46.3 Å². The first kappa shape index (κ1) is 73.7. The summed E-state index contributed by atoms with van der Waals surface area (Å²) in [5.41, 5.74) is 37.1. The molecule has 15 heterocycles. The number of hydrogen-bond donors (Lipinski definition) is 0. The average molecular weight is 1740 g/mol. The summed E-state index contributed by atoms with van der Waals surface area (Å²) in [6.45, 7) is 22.8. The molecule has 3 aliphatic heterocycles. The quantitative estimate of drug-likeness (QED) is 0.101. The van der Waals surface area contributed by atoms with Crippen molar-refractivity contribution >= 4 is 127 Å². The minimum atomic E-state index is 0. The predicted octanol–water partition coefficient (Wildman–Crippen LogP) is 26.1. The normalized spacial score (nSPS) is 12.2. The molecule has 0 saturated heterocycles. The fraction of sp³-hybridized carbons (Fsp3) is 0.137. The molecular formula is C102H80IrN8S4+2. The number of fused-ring (bicyclic) bond motifs is 3. The van der Waals surface area contributed by atoms with Crippen LogP contribution in [0.4, 0.5) is 0 Å². The molecule has 23 rings (SSSR count). The second-order valence-corrected chi connectivity index (χ2v) is 35.0. The van der Waals surface area contributed by atoms with Crippen LogP contribution in [-0.2, 0) is 39.7 Å². The fourth-order valence-corrected chi connectivity index (χ4v) is 22.6. The van der Waals surface area contributed by atoms with Crippen LogP contribution < -0.4 is 13.7 Å². The summed E-state index contributed by atoms with van der Waals surface area (Å²) in [5.74, 6) is 1.05. The monoisotopic (exact) mass is 1740 g/mol. The number of nitrogens with zero attached hydrogens (tertiary/aromatic N) is 8. The Morgan fingerprint density at radius 2 is 0.809 bits per heavy atom. The summed E-state index contributed by atoms with van der Waals surface area (Å²) >= 11 is 7.23. The van der Waals surface area contributed by atoms with Gasteiger partial charge in [0.05, 0.1) is 21.9 Å². The maximum atomic E-state index is 5.40. The summed E-state index contributed by atoms with van der Waals surface area (Å²) < 4.78 is 12.4. The third kappa shape index (κ3) is 12.9. The Bertz CT molecular complexity index is 7130. The van der Waals surface area contributed by atoms with Gasteiger partial charge in [-0.15, -0.1) is 46.1 Å². The molecule has 0 saturated carbocycles. The van der Waals surface area contributed by atoms with Gasteiger partial charge in [-0.2, -0.15) is 25.0 Å². The molecule has 0 unspecified atom stereocenters. The predicted molar refractivity (Wildman–Crippen MR) is 478 cm³/mol. The Balaban J connectivity index is 0.000000113. The number of aryl methyl sites for hydroxylation is 5. The Morgan fingerprint density at radius 3 is 1.40 bits per heavy atom. The zero-order chi connectivity index (χ0) is 77.1. The molecule has 8 aromatic carbocycles. The van der Waals surface area contributed by atoms with E-state index in [2.05, 4.69) is 348 Å². The molecule has 20 aromatic rings. The molecule has 1 radical (unpaired) electrons. The number of thiophene rings is 4. The Kier molecular flexibility index (Phi) is 19.2. The first-order valence-electron chi connectivity index (χ1n) is 39.2. The van der Waals surface area contributed by atoms with E-state index in [0.29, 0.717) is 11.8 Å². The number of rotatable bonds is 10.